The highest BCUT2D eigenvalue weighted by molar-refractivity contribution is 5.90. The lowest BCUT2D eigenvalue weighted by molar-refractivity contribution is -0.153. The predicted octanol–water partition coefficient (Wildman–Crippen LogP) is 2.47. The number of amides is 2. The first kappa shape index (κ1) is 25.2. The molecule has 0 aliphatic carbocycles. The monoisotopic (exact) mass is 489 g/mol. The second-order valence-electron chi connectivity index (χ2n) is 8.77. The summed E-state index contributed by atoms with van der Waals surface area (Å²) < 4.78 is 5.92. The first-order valence-electron chi connectivity index (χ1n) is 12.0. The van der Waals surface area contributed by atoms with Gasteiger partial charge in [0.25, 0.3) is 11.8 Å². The molecule has 1 aliphatic heterocycles. The Morgan fingerprint density at radius 1 is 0.889 bits per heavy atom. The lowest BCUT2D eigenvalue weighted by Gasteiger charge is -2.37. The number of carbonyl (C=O) groups excluding carboxylic acids is 2. The Hall–Kier alpha value is -3.88. The van der Waals surface area contributed by atoms with Crippen molar-refractivity contribution in [3.05, 3.63) is 90.0 Å². The summed E-state index contributed by atoms with van der Waals surface area (Å²) in [4.78, 5) is 28.8. The maximum absolute atomic E-state index is 12.7. The molecule has 8 heteroatoms. The number of anilines is 1. The molecule has 1 saturated heterocycles. The van der Waals surface area contributed by atoms with Crippen molar-refractivity contribution >= 4 is 17.5 Å². The van der Waals surface area contributed by atoms with Gasteiger partial charge in [-0.2, -0.15) is 0 Å². The Balaban J connectivity index is 1.27. The molecule has 0 saturated carbocycles. The van der Waals surface area contributed by atoms with Crippen LogP contribution in [0.4, 0.5) is 5.69 Å². The number of benzene rings is 3. The van der Waals surface area contributed by atoms with Gasteiger partial charge in [-0.15, -0.1) is 0 Å². The number of nitrogens with one attached hydrogen (secondary N) is 1. The van der Waals surface area contributed by atoms with Crippen molar-refractivity contribution in [2.75, 3.05) is 31.1 Å². The molecule has 0 spiro atoms. The zero-order valence-electron chi connectivity index (χ0n) is 20.2. The summed E-state index contributed by atoms with van der Waals surface area (Å²) in [6.45, 7) is 4.06. The van der Waals surface area contributed by atoms with Gasteiger partial charge < -0.3 is 30.1 Å². The first-order valence-corrected chi connectivity index (χ1v) is 12.0. The van der Waals surface area contributed by atoms with Crippen LogP contribution < -0.4 is 15.0 Å². The molecule has 8 nitrogen and oxygen atoms in total. The van der Waals surface area contributed by atoms with Gasteiger partial charge in [0.2, 0.25) is 0 Å². The molecule has 3 aromatic rings. The third-order valence-corrected chi connectivity index (χ3v) is 6.22. The van der Waals surface area contributed by atoms with Crippen LogP contribution in [0.1, 0.15) is 11.1 Å². The maximum Gasteiger partial charge on any atom is 0.254 e. The molecule has 1 fully saturated rings. The van der Waals surface area contributed by atoms with E-state index in [4.69, 9.17) is 4.74 Å². The van der Waals surface area contributed by atoms with Crippen molar-refractivity contribution in [1.82, 2.24) is 10.2 Å². The summed E-state index contributed by atoms with van der Waals surface area (Å²) in [5.74, 6) is -0.121. The van der Waals surface area contributed by atoms with E-state index in [1.807, 2.05) is 73.7 Å². The van der Waals surface area contributed by atoms with E-state index in [2.05, 4.69) is 10.2 Å². The standard InChI is InChI=1S/C28H31N3O5/c1-20-8-5-6-13-24(20)36-23-12-7-9-21(18-23)19-29-27(34)25(32)26(33)28(35)31-16-14-30(15-17-31)22-10-3-2-4-11-22/h2-13,18,25-26,32-33H,14-17,19H2,1H3,(H,29,34)/t25-,26-/m1/s1. The Bertz CT molecular complexity index is 1180. The fourth-order valence-corrected chi connectivity index (χ4v) is 4.10. The molecule has 0 unspecified atom stereocenters. The van der Waals surface area contributed by atoms with E-state index in [-0.39, 0.29) is 6.54 Å². The van der Waals surface area contributed by atoms with E-state index in [9.17, 15) is 19.8 Å². The van der Waals surface area contributed by atoms with Gasteiger partial charge in [-0.25, -0.2) is 0 Å². The molecule has 0 radical (unpaired) electrons. The summed E-state index contributed by atoms with van der Waals surface area (Å²) in [5, 5.41) is 23.3. The lowest BCUT2D eigenvalue weighted by atomic mass is 10.1. The quantitative estimate of drug-likeness (QED) is 0.449. The first-order chi connectivity index (χ1) is 17.4. The van der Waals surface area contributed by atoms with Crippen molar-refractivity contribution in [1.29, 1.82) is 0 Å². The molecule has 36 heavy (non-hydrogen) atoms. The molecule has 3 N–H and O–H groups in total. The largest absolute Gasteiger partial charge is 0.457 e. The summed E-state index contributed by atoms with van der Waals surface area (Å²) >= 11 is 0. The molecule has 0 aromatic heterocycles. The second-order valence-corrected chi connectivity index (χ2v) is 8.77. The number of carbonyl (C=O) groups is 2. The topological polar surface area (TPSA) is 102 Å². The molecule has 4 rings (SSSR count). The average molecular weight is 490 g/mol. The Kier molecular flexibility index (Phi) is 8.20. The van der Waals surface area contributed by atoms with Crippen molar-refractivity contribution in [3.8, 4) is 11.5 Å². The molecular formula is C28H31N3O5. The SMILES string of the molecule is Cc1ccccc1Oc1cccc(CNC(=O)[C@H](O)[C@@H](O)C(=O)N2CCN(c3ccccc3)CC2)c1. The summed E-state index contributed by atoms with van der Waals surface area (Å²) in [6.07, 6.45) is -3.69. The molecule has 188 valence electrons. The van der Waals surface area contributed by atoms with Crippen LogP contribution in [0.25, 0.3) is 0 Å². The van der Waals surface area contributed by atoms with Gasteiger partial charge in [0.05, 0.1) is 0 Å². The van der Waals surface area contributed by atoms with Crippen LogP contribution in [-0.2, 0) is 16.1 Å². The Morgan fingerprint density at radius 2 is 1.58 bits per heavy atom. The third-order valence-electron chi connectivity index (χ3n) is 6.22. The molecular weight excluding hydrogens is 458 g/mol. The van der Waals surface area contributed by atoms with Crippen LogP contribution in [0.15, 0.2) is 78.9 Å². The lowest BCUT2D eigenvalue weighted by Crippen LogP contribution is -2.55. The Morgan fingerprint density at radius 3 is 2.31 bits per heavy atom. The number of aliphatic hydroxyl groups excluding tert-OH is 2. The van der Waals surface area contributed by atoms with Crippen molar-refractivity contribution in [3.63, 3.8) is 0 Å². The predicted molar refractivity (Wildman–Crippen MR) is 137 cm³/mol. The Labute approximate surface area is 210 Å². The smallest absolute Gasteiger partial charge is 0.254 e. The fourth-order valence-electron chi connectivity index (χ4n) is 4.10. The van der Waals surface area contributed by atoms with Crippen LogP contribution in [0.2, 0.25) is 0 Å². The molecule has 0 bridgehead atoms. The summed E-state index contributed by atoms with van der Waals surface area (Å²) in [5.41, 5.74) is 2.82. The number of ether oxygens (including phenoxy) is 1. The highest BCUT2D eigenvalue weighted by atomic mass is 16.5. The number of para-hydroxylation sites is 2. The zero-order chi connectivity index (χ0) is 25.5. The van der Waals surface area contributed by atoms with E-state index in [0.717, 1.165) is 22.6 Å². The number of rotatable bonds is 8. The van der Waals surface area contributed by atoms with E-state index < -0.39 is 24.0 Å². The number of hydrogen-bond donors (Lipinski definition) is 3. The van der Waals surface area contributed by atoms with E-state index in [1.54, 1.807) is 12.1 Å². The van der Waals surface area contributed by atoms with Gasteiger partial charge in [0, 0.05) is 38.4 Å². The second kappa shape index (κ2) is 11.7. The van der Waals surface area contributed by atoms with Crippen LogP contribution in [0.5, 0.6) is 11.5 Å². The number of aliphatic hydroxyl groups is 2. The van der Waals surface area contributed by atoms with E-state index in [1.165, 1.54) is 4.90 Å². The van der Waals surface area contributed by atoms with Gasteiger partial charge in [0.1, 0.15) is 11.5 Å². The highest BCUT2D eigenvalue weighted by Gasteiger charge is 2.34. The maximum atomic E-state index is 12.7. The van der Waals surface area contributed by atoms with Crippen molar-refractivity contribution in [2.24, 2.45) is 0 Å². The minimum atomic E-state index is -1.86. The van der Waals surface area contributed by atoms with Gasteiger partial charge in [0.15, 0.2) is 12.2 Å². The summed E-state index contributed by atoms with van der Waals surface area (Å²) in [6, 6.07) is 24.7. The minimum Gasteiger partial charge on any atom is -0.457 e. The van der Waals surface area contributed by atoms with E-state index >= 15 is 0 Å². The number of aryl methyl sites for hydroxylation is 1. The molecule has 1 heterocycles. The third kappa shape index (κ3) is 6.21. The van der Waals surface area contributed by atoms with Crippen molar-refractivity contribution < 1.29 is 24.5 Å². The van der Waals surface area contributed by atoms with Crippen LogP contribution in [0, 0.1) is 6.92 Å². The van der Waals surface area contributed by atoms with Gasteiger partial charge >= 0.3 is 0 Å². The normalized spacial score (nSPS) is 15.2. The van der Waals surface area contributed by atoms with Crippen LogP contribution in [0.3, 0.4) is 0 Å². The fraction of sp³-hybridized carbons (Fsp3) is 0.286. The van der Waals surface area contributed by atoms with Crippen molar-refractivity contribution in [2.45, 2.75) is 25.7 Å². The highest BCUT2D eigenvalue weighted by Crippen LogP contribution is 2.25. The molecule has 3 aromatic carbocycles. The average Bonchev–Trinajstić information content (AvgIpc) is 2.92. The minimum absolute atomic E-state index is 0.109. The van der Waals surface area contributed by atoms with Gasteiger partial charge in [-0.1, -0.05) is 48.5 Å². The zero-order valence-corrected chi connectivity index (χ0v) is 20.2. The van der Waals surface area contributed by atoms with Crippen LogP contribution >= 0.6 is 0 Å². The number of hydrogen-bond acceptors (Lipinski definition) is 6. The van der Waals surface area contributed by atoms with Crippen LogP contribution in [-0.4, -0.2) is 65.3 Å². The molecule has 2 atom stereocenters. The number of piperazine rings is 1. The molecule has 2 amide bonds. The van der Waals surface area contributed by atoms with Gasteiger partial charge in [-0.05, 0) is 48.4 Å². The van der Waals surface area contributed by atoms with Gasteiger partial charge in [-0.3, -0.25) is 9.59 Å². The number of nitrogens with zero attached hydrogens (tertiary/aromatic N) is 2. The summed E-state index contributed by atoms with van der Waals surface area (Å²) in [7, 11) is 0. The molecule has 1 aliphatic rings. The van der Waals surface area contributed by atoms with E-state index in [0.29, 0.717) is 31.9 Å².